The third-order valence-electron chi connectivity index (χ3n) is 5.24. The van der Waals surface area contributed by atoms with E-state index in [4.69, 9.17) is 18.6 Å². The molecule has 0 saturated heterocycles. The van der Waals surface area contributed by atoms with Crippen LogP contribution >= 0.6 is 0 Å². The SMILES string of the molecule is COc1cc(-c2coc3c4c(cc(O)c3c2=O)OC(C)(C)CC4)c(OC)cc1O. The molecule has 0 unspecified atom stereocenters. The monoisotopic (exact) mass is 398 g/mol. The molecule has 29 heavy (non-hydrogen) atoms. The van der Waals surface area contributed by atoms with Crippen molar-refractivity contribution in [1.82, 2.24) is 0 Å². The number of methoxy groups -OCH3 is 2. The number of ether oxygens (including phenoxy) is 3. The zero-order valence-electron chi connectivity index (χ0n) is 16.7. The van der Waals surface area contributed by atoms with E-state index in [0.29, 0.717) is 23.3 Å². The van der Waals surface area contributed by atoms with Gasteiger partial charge in [0.1, 0.15) is 40.1 Å². The van der Waals surface area contributed by atoms with Crippen LogP contribution in [0.3, 0.4) is 0 Å². The van der Waals surface area contributed by atoms with Crippen molar-refractivity contribution in [2.75, 3.05) is 14.2 Å². The summed E-state index contributed by atoms with van der Waals surface area (Å²) in [5, 5.41) is 20.7. The third kappa shape index (κ3) is 3.03. The molecule has 1 aromatic heterocycles. The van der Waals surface area contributed by atoms with Gasteiger partial charge in [-0.25, -0.2) is 0 Å². The highest BCUT2D eigenvalue weighted by molar-refractivity contribution is 5.91. The number of rotatable bonds is 3. The number of benzene rings is 2. The van der Waals surface area contributed by atoms with Gasteiger partial charge in [0.05, 0.1) is 19.8 Å². The fraction of sp³-hybridized carbons (Fsp3) is 0.318. The quantitative estimate of drug-likeness (QED) is 0.688. The van der Waals surface area contributed by atoms with E-state index in [9.17, 15) is 15.0 Å². The molecule has 2 N–H and O–H groups in total. The van der Waals surface area contributed by atoms with Gasteiger partial charge in [-0.15, -0.1) is 0 Å². The Morgan fingerprint density at radius 2 is 1.72 bits per heavy atom. The normalized spacial score (nSPS) is 14.9. The van der Waals surface area contributed by atoms with Crippen LogP contribution in [0.5, 0.6) is 28.7 Å². The van der Waals surface area contributed by atoms with E-state index in [1.807, 2.05) is 13.8 Å². The lowest BCUT2D eigenvalue weighted by atomic mass is 9.92. The van der Waals surface area contributed by atoms with Crippen molar-refractivity contribution >= 4 is 11.0 Å². The van der Waals surface area contributed by atoms with Crippen molar-refractivity contribution in [3.8, 4) is 39.9 Å². The number of hydrogen-bond donors (Lipinski definition) is 2. The second kappa shape index (κ2) is 6.62. The summed E-state index contributed by atoms with van der Waals surface area (Å²) in [6.45, 7) is 3.95. The molecule has 1 aliphatic heterocycles. The maximum atomic E-state index is 13.3. The lowest BCUT2D eigenvalue weighted by molar-refractivity contribution is 0.0846. The molecule has 0 fully saturated rings. The minimum atomic E-state index is -0.414. The molecular formula is C22H22O7. The van der Waals surface area contributed by atoms with E-state index in [1.54, 1.807) is 0 Å². The van der Waals surface area contributed by atoms with Crippen LogP contribution in [0.25, 0.3) is 22.1 Å². The first-order chi connectivity index (χ1) is 13.8. The Morgan fingerprint density at radius 3 is 2.41 bits per heavy atom. The van der Waals surface area contributed by atoms with Crippen LogP contribution in [0.2, 0.25) is 0 Å². The smallest absolute Gasteiger partial charge is 0.204 e. The van der Waals surface area contributed by atoms with Gasteiger partial charge < -0.3 is 28.8 Å². The van der Waals surface area contributed by atoms with Crippen LogP contribution in [0.4, 0.5) is 0 Å². The minimum Gasteiger partial charge on any atom is -0.507 e. The van der Waals surface area contributed by atoms with Crippen LogP contribution in [0.15, 0.2) is 33.7 Å². The summed E-state index contributed by atoms with van der Waals surface area (Å²) < 4.78 is 22.2. The molecule has 152 valence electrons. The van der Waals surface area contributed by atoms with E-state index in [-0.39, 0.29) is 39.5 Å². The highest BCUT2D eigenvalue weighted by Gasteiger charge is 2.30. The summed E-state index contributed by atoms with van der Waals surface area (Å²) in [5.41, 5.74) is 0.864. The number of fused-ring (bicyclic) bond motifs is 3. The van der Waals surface area contributed by atoms with Gasteiger partial charge in [0.2, 0.25) is 5.43 Å². The summed E-state index contributed by atoms with van der Waals surface area (Å²) in [6.07, 6.45) is 2.75. The average Bonchev–Trinajstić information content (AvgIpc) is 2.67. The number of hydrogen-bond acceptors (Lipinski definition) is 7. The molecule has 4 rings (SSSR count). The maximum absolute atomic E-state index is 13.3. The Kier molecular flexibility index (Phi) is 4.33. The Bertz CT molecular complexity index is 1170. The summed E-state index contributed by atoms with van der Waals surface area (Å²) >= 11 is 0. The largest absolute Gasteiger partial charge is 0.507 e. The molecule has 1 aliphatic rings. The van der Waals surface area contributed by atoms with Crippen LogP contribution < -0.4 is 19.6 Å². The first kappa shape index (κ1) is 19.0. The first-order valence-corrected chi connectivity index (χ1v) is 9.20. The predicted molar refractivity (Wildman–Crippen MR) is 107 cm³/mol. The Hall–Kier alpha value is -3.35. The summed E-state index contributed by atoms with van der Waals surface area (Å²) in [4.78, 5) is 13.3. The van der Waals surface area contributed by atoms with Crippen LogP contribution in [-0.4, -0.2) is 30.0 Å². The van der Waals surface area contributed by atoms with Crippen molar-refractivity contribution in [3.05, 3.63) is 40.2 Å². The number of phenols is 2. The molecule has 0 amide bonds. The highest BCUT2D eigenvalue weighted by Crippen LogP contribution is 2.43. The van der Waals surface area contributed by atoms with Crippen molar-refractivity contribution in [2.24, 2.45) is 0 Å². The molecule has 2 aromatic carbocycles. The predicted octanol–water partition coefficient (Wildman–Crippen LogP) is 3.99. The topological polar surface area (TPSA) is 98.4 Å². The maximum Gasteiger partial charge on any atom is 0.204 e. The van der Waals surface area contributed by atoms with Gasteiger partial charge in [-0.3, -0.25) is 4.79 Å². The minimum absolute atomic E-state index is 0.0821. The Morgan fingerprint density at radius 1 is 1.00 bits per heavy atom. The molecule has 7 heteroatoms. The second-order valence-corrected chi connectivity index (χ2v) is 7.64. The van der Waals surface area contributed by atoms with Gasteiger partial charge in [-0.05, 0) is 32.8 Å². The molecule has 3 aromatic rings. The van der Waals surface area contributed by atoms with Crippen molar-refractivity contribution in [3.63, 3.8) is 0 Å². The van der Waals surface area contributed by atoms with E-state index < -0.39 is 5.43 Å². The molecule has 7 nitrogen and oxygen atoms in total. The Labute approximate surface area is 167 Å². The van der Waals surface area contributed by atoms with Crippen molar-refractivity contribution in [2.45, 2.75) is 32.3 Å². The van der Waals surface area contributed by atoms with Gasteiger partial charge in [-0.1, -0.05) is 0 Å². The van der Waals surface area contributed by atoms with Gasteiger partial charge in [0.25, 0.3) is 0 Å². The molecule has 0 spiro atoms. The Balaban J connectivity index is 1.98. The fourth-order valence-corrected chi connectivity index (χ4v) is 3.70. The van der Waals surface area contributed by atoms with Gasteiger partial charge in [0.15, 0.2) is 11.5 Å². The molecule has 0 aliphatic carbocycles. The second-order valence-electron chi connectivity index (χ2n) is 7.64. The molecule has 0 bridgehead atoms. The highest BCUT2D eigenvalue weighted by atomic mass is 16.5. The van der Waals surface area contributed by atoms with E-state index in [2.05, 4.69) is 0 Å². The molecule has 0 radical (unpaired) electrons. The molecular weight excluding hydrogens is 376 g/mol. The zero-order valence-corrected chi connectivity index (χ0v) is 16.7. The van der Waals surface area contributed by atoms with Gasteiger partial charge in [-0.2, -0.15) is 0 Å². The van der Waals surface area contributed by atoms with E-state index >= 15 is 0 Å². The summed E-state index contributed by atoms with van der Waals surface area (Å²) in [5.74, 6) is 0.654. The van der Waals surface area contributed by atoms with Crippen LogP contribution in [0, 0.1) is 0 Å². The lowest BCUT2D eigenvalue weighted by Crippen LogP contribution is -2.32. The van der Waals surface area contributed by atoms with Gasteiger partial charge >= 0.3 is 0 Å². The standard InChI is InChI=1S/C22H22O7/c1-22(2)6-5-11-17(29-22)9-15(24)19-20(25)13(10-28-21(11)19)12-7-18(27-4)14(23)8-16(12)26-3/h7-10,23-24H,5-6H2,1-4H3. The third-order valence-corrected chi connectivity index (χ3v) is 5.24. The average molecular weight is 398 g/mol. The zero-order chi connectivity index (χ0) is 20.9. The van der Waals surface area contributed by atoms with Crippen LogP contribution in [0.1, 0.15) is 25.8 Å². The van der Waals surface area contributed by atoms with Crippen molar-refractivity contribution in [1.29, 1.82) is 0 Å². The lowest BCUT2D eigenvalue weighted by Gasteiger charge is -2.32. The van der Waals surface area contributed by atoms with Gasteiger partial charge in [0, 0.05) is 23.3 Å². The first-order valence-electron chi connectivity index (χ1n) is 9.20. The van der Waals surface area contributed by atoms with E-state index in [0.717, 1.165) is 12.0 Å². The van der Waals surface area contributed by atoms with Crippen molar-refractivity contribution < 1.29 is 28.8 Å². The summed E-state index contributed by atoms with van der Waals surface area (Å²) in [7, 11) is 2.84. The molecule has 0 atom stereocenters. The number of aromatic hydroxyl groups is 2. The fourth-order valence-electron chi connectivity index (χ4n) is 3.70. The van der Waals surface area contributed by atoms with E-state index in [1.165, 1.54) is 38.7 Å². The molecule has 2 heterocycles. The summed E-state index contributed by atoms with van der Waals surface area (Å²) in [6, 6.07) is 4.32. The molecule has 0 saturated carbocycles. The number of aryl methyl sites for hydroxylation is 1. The number of phenolic OH excluding ortho intramolecular Hbond substituents is 2. The van der Waals surface area contributed by atoms with Crippen LogP contribution in [-0.2, 0) is 6.42 Å².